The molecule has 1 N–H and O–H groups in total. The first-order valence-corrected chi connectivity index (χ1v) is 4.18. The molecule has 0 bridgehead atoms. The normalized spacial score (nSPS) is 10.6. The number of hydrogen-bond acceptors (Lipinski definition) is 5. The molecule has 0 fully saturated rings. The largest absolute Gasteiger partial charge is 0.871 e. The average molecular weight is 260 g/mol. The molecule has 0 saturated heterocycles. The lowest BCUT2D eigenvalue weighted by Crippen LogP contribution is -1.99. The van der Waals surface area contributed by atoms with Gasteiger partial charge in [0.05, 0.1) is 11.1 Å². The van der Waals surface area contributed by atoms with Crippen molar-refractivity contribution in [2.24, 2.45) is 5.16 Å². The van der Waals surface area contributed by atoms with Crippen LogP contribution in [0.15, 0.2) is 21.8 Å². The predicted octanol–water partition coefficient (Wildman–Crippen LogP) is 1.24. The summed E-state index contributed by atoms with van der Waals surface area (Å²) < 4.78 is 0.0570. The van der Waals surface area contributed by atoms with E-state index in [9.17, 15) is 15.2 Å². The number of nitrogens with zero attached hydrogens (tertiary/aromatic N) is 2. The van der Waals surface area contributed by atoms with Crippen LogP contribution in [-0.4, -0.2) is 16.3 Å². The van der Waals surface area contributed by atoms with E-state index in [-0.39, 0.29) is 15.7 Å². The van der Waals surface area contributed by atoms with Gasteiger partial charge in [0.2, 0.25) is 0 Å². The molecule has 0 saturated carbocycles. The Bertz CT molecular complexity index is 405. The standard InChI is InChI=1S/C7H5BrN2O4/c8-6-2-5(10(13)14)1-4(3-9-12)7(6)11/h1-3,11-12H/p-1/b9-3+. The Balaban J connectivity index is 3.35. The fourth-order valence-corrected chi connectivity index (χ4v) is 1.33. The van der Waals surface area contributed by atoms with Gasteiger partial charge in [-0.1, -0.05) is 26.8 Å². The second-order valence-corrected chi connectivity index (χ2v) is 3.20. The topological polar surface area (TPSA) is 98.8 Å². The van der Waals surface area contributed by atoms with E-state index in [0.29, 0.717) is 0 Å². The Kier molecular flexibility index (Phi) is 3.03. The Labute approximate surface area is 86.8 Å². The van der Waals surface area contributed by atoms with Gasteiger partial charge in [-0.3, -0.25) is 10.1 Å². The summed E-state index contributed by atoms with van der Waals surface area (Å²) in [5.41, 5.74) is -0.292. The first-order valence-electron chi connectivity index (χ1n) is 3.38. The van der Waals surface area contributed by atoms with Crippen LogP contribution in [0.25, 0.3) is 0 Å². The Morgan fingerprint density at radius 3 is 2.71 bits per heavy atom. The fraction of sp³-hybridized carbons (Fsp3) is 0. The molecule has 6 nitrogen and oxygen atoms in total. The quantitative estimate of drug-likeness (QED) is 0.374. The number of benzene rings is 1. The first kappa shape index (κ1) is 10.5. The Hall–Kier alpha value is -1.63. The smallest absolute Gasteiger partial charge is 0.271 e. The van der Waals surface area contributed by atoms with Gasteiger partial charge in [-0.25, -0.2) is 0 Å². The van der Waals surface area contributed by atoms with Gasteiger partial charge in [-0.05, 0) is 5.56 Å². The summed E-state index contributed by atoms with van der Waals surface area (Å²) in [6.07, 6.45) is 0.847. The Morgan fingerprint density at radius 1 is 1.57 bits per heavy atom. The lowest BCUT2D eigenvalue weighted by atomic mass is 10.2. The lowest BCUT2D eigenvalue weighted by Gasteiger charge is -2.11. The van der Waals surface area contributed by atoms with Gasteiger partial charge in [0.15, 0.2) is 0 Å². The zero-order valence-electron chi connectivity index (χ0n) is 6.68. The van der Waals surface area contributed by atoms with E-state index in [0.717, 1.165) is 18.3 Å². The van der Waals surface area contributed by atoms with Crippen LogP contribution in [0.2, 0.25) is 0 Å². The molecule has 0 atom stereocenters. The van der Waals surface area contributed by atoms with Crippen LogP contribution in [0, 0.1) is 10.1 Å². The minimum Gasteiger partial charge on any atom is -0.871 e. The van der Waals surface area contributed by atoms with Gasteiger partial charge in [-0.15, -0.1) is 0 Å². The van der Waals surface area contributed by atoms with Crippen LogP contribution < -0.4 is 5.11 Å². The lowest BCUT2D eigenvalue weighted by molar-refractivity contribution is -0.385. The van der Waals surface area contributed by atoms with Crippen LogP contribution >= 0.6 is 15.9 Å². The highest BCUT2D eigenvalue weighted by Gasteiger charge is 2.09. The van der Waals surface area contributed by atoms with Crippen molar-refractivity contribution in [1.82, 2.24) is 0 Å². The number of oxime groups is 1. The van der Waals surface area contributed by atoms with Crippen LogP contribution in [0.3, 0.4) is 0 Å². The zero-order valence-corrected chi connectivity index (χ0v) is 8.26. The van der Waals surface area contributed by atoms with E-state index >= 15 is 0 Å². The molecule has 1 aromatic rings. The third-order valence-electron chi connectivity index (χ3n) is 1.46. The summed E-state index contributed by atoms with van der Waals surface area (Å²) in [4.78, 5) is 9.76. The first-order chi connectivity index (χ1) is 6.56. The highest BCUT2D eigenvalue weighted by atomic mass is 79.9. The van der Waals surface area contributed by atoms with Crippen LogP contribution in [0.5, 0.6) is 5.75 Å². The molecule has 0 amide bonds. The monoisotopic (exact) mass is 259 g/mol. The van der Waals surface area contributed by atoms with Gasteiger partial charge in [0.1, 0.15) is 0 Å². The van der Waals surface area contributed by atoms with E-state index in [4.69, 9.17) is 5.21 Å². The molecular weight excluding hydrogens is 256 g/mol. The van der Waals surface area contributed by atoms with Crippen molar-refractivity contribution in [1.29, 1.82) is 0 Å². The van der Waals surface area contributed by atoms with E-state index in [1.165, 1.54) is 0 Å². The minimum atomic E-state index is -0.640. The van der Waals surface area contributed by atoms with Crippen molar-refractivity contribution < 1.29 is 15.2 Å². The number of non-ortho nitro benzene ring substituents is 1. The van der Waals surface area contributed by atoms with Gasteiger partial charge >= 0.3 is 0 Å². The van der Waals surface area contributed by atoms with Gasteiger partial charge in [-0.2, -0.15) is 0 Å². The molecule has 0 aromatic heterocycles. The van der Waals surface area contributed by atoms with E-state index < -0.39 is 10.7 Å². The van der Waals surface area contributed by atoms with Gasteiger partial charge < -0.3 is 10.3 Å². The molecule has 0 spiro atoms. The zero-order chi connectivity index (χ0) is 10.7. The Morgan fingerprint density at radius 2 is 2.21 bits per heavy atom. The number of nitro benzene ring substituents is 1. The minimum absolute atomic E-state index is 0.0476. The third-order valence-corrected chi connectivity index (χ3v) is 2.05. The summed E-state index contributed by atoms with van der Waals surface area (Å²) in [6.45, 7) is 0. The summed E-state index contributed by atoms with van der Waals surface area (Å²) in [5, 5.41) is 32.5. The van der Waals surface area contributed by atoms with E-state index in [2.05, 4.69) is 21.1 Å². The van der Waals surface area contributed by atoms with Crippen molar-refractivity contribution >= 4 is 27.8 Å². The molecule has 0 aliphatic carbocycles. The predicted molar refractivity (Wildman–Crippen MR) is 49.6 cm³/mol. The molecule has 74 valence electrons. The number of halogens is 1. The number of nitro groups is 1. The highest BCUT2D eigenvalue weighted by molar-refractivity contribution is 9.10. The fourth-order valence-electron chi connectivity index (χ4n) is 0.863. The molecule has 0 heterocycles. The number of rotatable bonds is 2. The van der Waals surface area contributed by atoms with Gasteiger partial charge in [0, 0.05) is 16.6 Å². The van der Waals surface area contributed by atoms with E-state index in [1.54, 1.807) is 0 Å². The number of hydrogen-bond donors (Lipinski definition) is 1. The van der Waals surface area contributed by atoms with E-state index in [1.807, 2.05) is 0 Å². The maximum atomic E-state index is 11.3. The average Bonchev–Trinajstić information content (AvgIpc) is 2.12. The maximum absolute atomic E-state index is 11.3. The summed E-state index contributed by atoms with van der Waals surface area (Å²) >= 11 is 2.87. The van der Waals surface area contributed by atoms with Crippen LogP contribution in [0.4, 0.5) is 5.69 Å². The molecule has 0 unspecified atom stereocenters. The summed E-state index contributed by atoms with van der Waals surface area (Å²) in [5.74, 6) is -0.464. The maximum Gasteiger partial charge on any atom is 0.271 e. The summed E-state index contributed by atoms with van der Waals surface area (Å²) in [7, 11) is 0. The molecular formula is C7H4BrN2O4-. The van der Waals surface area contributed by atoms with Gasteiger partial charge in [0.25, 0.3) is 5.69 Å². The second-order valence-electron chi connectivity index (χ2n) is 2.35. The molecule has 1 rings (SSSR count). The second kappa shape index (κ2) is 4.05. The van der Waals surface area contributed by atoms with Crippen molar-refractivity contribution in [2.75, 3.05) is 0 Å². The highest BCUT2D eigenvalue weighted by Crippen LogP contribution is 2.29. The molecule has 1 aromatic carbocycles. The van der Waals surface area contributed by atoms with Crippen molar-refractivity contribution in [3.8, 4) is 5.75 Å². The molecule has 7 heteroatoms. The third kappa shape index (κ3) is 1.99. The van der Waals surface area contributed by atoms with Crippen molar-refractivity contribution in [3.05, 3.63) is 32.3 Å². The van der Waals surface area contributed by atoms with Crippen molar-refractivity contribution in [3.63, 3.8) is 0 Å². The molecule has 0 aliphatic rings. The molecule has 14 heavy (non-hydrogen) atoms. The summed E-state index contributed by atoms with van der Waals surface area (Å²) in [6, 6.07) is 2.13. The molecule has 0 aliphatic heterocycles. The van der Waals surface area contributed by atoms with Crippen molar-refractivity contribution in [2.45, 2.75) is 0 Å². The molecule has 0 radical (unpaired) electrons. The van der Waals surface area contributed by atoms with Crippen LogP contribution in [0.1, 0.15) is 5.56 Å². The van der Waals surface area contributed by atoms with Crippen LogP contribution in [-0.2, 0) is 0 Å². The SMILES string of the molecule is O=[N+]([O-])c1cc(Br)c([O-])c(/C=N/O)c1.